The Morgan fingerprint density at radius 2 is 2.14 bits per heavy atom. The number of hydrogen-bond acceptors (Lipinski definition) is 2. The van der Waals surface area contributed by atoms with Gasteiger partial charge in [-0.2, -0.15) is 13.2 Å². The lowest BCUT2D eigenvalue weighted by atomic mass is 10.1. The highest BCUT2D eigenvalue weighted by Crippen LogP contribution is 2.36. The Morgan fingerprint density at radius 1 is 1.43 bits per heavy atom. The van der Waals surface area contributed by atoms with Crippen LogP contribution in [0.25, 0.3) is 0 Å². The predicted octanol–water partition coefficient (Wildman–Crippen LogP) is 2.25. The van der Waals surface area contributed by atoms with E-state index < -0.39 is 28.7 Å². The maximum Gasteiger partial charge on any atom is 0.417 e. The van der Waals surface area contributed by atoms with Crippen LogP contribution >= 0.6 is 11.6 Å². The third-order valence-electron chi connectivity index (χ3n) is 3.15. The third-order valence-corrected chi connectivity index (χ3v) is 3.60. The SMILES string of the molecule is O=C1CC[C@@H](C(=O)NCc2cccc(C(F)(F)F)c2Cl)N1. The minimum atomic E-state index is -4.55. The van der Waals surface area contributed by atoms with E-state index in [-0.39, 0.29) is 24.4 Å². The summed E-state index contributed by atoms with van der Waals surface area (Å²) < 4.78 is 38.1. The minimum Gasteiger partial charge on any atom is -0.350 e. The van der Waals surface area contributed by atoms with Gasteiger partial charge in [-0.05, 0) is 18.1 Å². The first-order valence-electron chi connectivity index (χ1n) is 6.20. The summed E-state index contributed by atoms with van der Waals surface area (Å²) in [7, 11) is 0. The summed E-state index contributed by atoms with van der Waals surface area (Å²) in [6.07, 6.45) is -3.90. The van der Waals surface area contributed by atoms with Gasteiger partial charge in [0.15, 0.2) is 0 Å². The summed E-state index contributed by atoms with van der Waals surface area (Å²) in [5.74, 6) is -0.651. The lowest BCUT2D eigenvalue weighted by Gasteiger charge is -2.14. The van der Waals surface area contributed by atoms with Gasteiger partial charge in [0.2, 0.25) is 11.8 Å². The molecule has 0 bridgehead atoms. The van der Waals surface area contributed by atoms with Crippen LogP contribution in [-0.2, 0) is 22.3 Å². The molecule has 1 aromatic rings. The second kappa shape index (κ2) is 5.93. The number of amides is 2. The first kappa shape index (κ1) is 15.6. The van der Waals surface area contributed by atoms with Gasteiger partial charge < -0.3 is 10.6 Å². The number of hydrogen-bond donors (Lipinski definition) is 2. The van der Waals surface area contributed by atoms with Crippen LogP contribution in [0.2, 0.25) is 5.02 Å². The van der Waals surface area contributed by atoms with Crippen molar-refractivity contribution in [2.24, 2.45) is 0 Å². The molecule has 2 N–H and O–H groups in total. The van der Waals surface area contributed by atoms with Gasteiger partial charge in [-0.15, -0.1) is 0 Å². The Morgan fingerprint density at radius 3 is 2.71 bits per heavy atom. The van der Waals surface area contributed by atoms with Crippen molar-refractivity contribution < 1.29 is 22.8 Å². The number of alkyl halides is 3. The van der Waals surface area contributed by atoms with Gasteiger partial charge in [-0.25, -0.2) is 0 Å². The number of benzene rings is 1. The van der Waals surface area contributed by atoms with Crippen LogP contribution in [0.1, 0.15) is 24.0 Å². The fraction of sp³-hybridized carbons (Fsp3) is 0.385. The van der Waals surface area contributed by atoms with Gasteiger partial charge in [0.05, 0.1) is 10.6 Å². The van der Waals surface area contributed by atoms with Crippen molar-refractivity contribution in [3.05, 3.63) is 34.3 Å². The standard InChI is InChI=1S/C13H12ClF3N2O2/c14-11-7(2-1-3-8(11)13(15,16)17)6-18-12(21)9-4-5-10(20)19-9/h1-3,9H,4-6H2,(H,18,21)(H,19,20)/t9-/m0/s1. The quantitative estimate of drug-likeness (QED) is 0.897. The Kier molecular flexibility index (Phi) is 4.41. The van der Waals surface area contributed by atoms with Gasteiger partial charge in [0.25, 0.3) is 0 Å². The molecule has 21 heavy (non-hydrogen) atoms. The van der Waals surface area contributed by atoms with Gasteiger partial charge in [-0.1, -0.05) is 23.7 Å². The number of nitrogens with one attached hydrogen (secondary N) is 2. The van der Waals surface area contributed by atoms with Crippen molar-refractivity contribution >= 4 is 23.4 Å². The molecule has 0 saturated carbocycles. The molecule has 1 fully saturated rings. The largest absolute Gasteiger partial charge is 0.417 e. The molecule has 0 aromatic heterocycles. The zero-order chi connectivity index (χ0) is 15.6. The Balaban J connectivity index is 2.04. The van der Waals surface area contributed by atoms with E-state index in [4.69, 9.17) is 11.6 Å². The molecule has 1 atom stereocenters. The summed E-state index contributed by atoms with van der Waals surface area (Å²) in [5.41, 5.74) is -0.769. The highest BCUT2D eigenvalue weighted by Gasteiger charge is 2.34. The van der Waals surface area contributed by atoms with Crippen LogP contribution in [0.3, 0.4) is 0 Å². The van der Waals surface area contributed by atoms with E-state index >= 15 is 0 Å². The molecule has 1 aliphatic rings. The molecule has 114 valence electrons. The molecule has 0 radical (unpaired) electrons. The van der Waals surface area contributed by atoms with Crippen molar-refractivity contribution in [2.45, 2.75) is 31.6 Å². The number of carbonyl (C=O) groups is 2. The molecule has 0 aliphatic carbocycles. The average molecular weight is 321 g/mol. The van der Waals surface area contributed by atoms with Crippen LogP contribution < -0.4 is 10.6 Å². The monoisotopic (exact) mass is 320 g/mol. The van der Waals surface area contributed by atoms with Crippen molar-refractivity contribution in [2.75, 3.05) is 0 Å². The maximum atomic E-state index is 12.7. The predicted molar refractivity (Wildman–Crippen MR) is 69.5 cm³/mol. The topological polar surface area (TPSA) is 58.2 Å². The molecule has 1 aliphatic heterocycles. The first-order valence-corrected chi connectivity index (χ1v) is 6.58. The Hall–Kier alpha value is -1.76. The zero-order valence-electron chi connectivity index (χ0n) is 10.8. The fourth-order valence-corrected chi connectivity index (χ4v) is 2.35. The van der Waals surface area contributed by atoms with Crippen molar-refractivity contribution in [3.8, 4) is 0 Å². The molecular formula is C13H12ClF3N2O2. The van der Waals surface area contributed by atoms with Crippen LogP contribution in [0.5, 0.6) is 0 Å². The molecule has 2 amide bonds. The Labute approximate surface area is 123 Å². The molecule has 8 heteroatoms. The maximum absolute atomic E-state index is 12.7. The van der Waals surface area contributed by atoms with Crippen molar-refractivity contribution in [3.63, 3.8) is 0 Å². The highest BCUT2D eigenvalue weighted by atomic mass is 35.5. The van der Waals surface area contributed by atoms with Crippen LogP contribution in [-0.4, -0.2) is 17.9 Å². The van der Waals surface area contributed by atoms with Crippen LogP contribution in [0.15, 0.2) is 18.2 Å². The lowest BCUT2D eigenvalue weighted by molar-refractivity contribution is -0.137. The number of carbonyl (C=O) groups excluding carboxylic acids is 2. The third kappa shape index (κ3) is 3.66. The van der Waals surface area contributed by atoms with E-state index in [2.05, 4.69) is 10.6 Å². The van der Waals surface area contributed by atoms with Gasteiger partial charge in [0.1, 0.15) is 6.04 Å². The normalized spacial score (nSPS) is 18.5. The van der Waals surface area contributed by atoms with Crippen molar-refractivity contribution in [1.29, 1.82) is 0 Å². The smallest absolute Gasteiger partial charge is 0.350 e. The highest BCUT2D eigenvalue weighted by molar-refractivity contribution is 6.32. The van der Waals surface area contributed by atoms with Crippen LogP contribution in [0.4, 0.5) is 13.2 Å². The molecular weight excluding hydrogens is 309 g/mol. The van der Waals surface area contributed by atoms with E-state index in [9.17, 15) is 22.8 Å². The average Bonchev–Trinajstić information content (AvgIpc) is 2.82. The number of halogens is 4. The first-order chi connectivity index (χ1) is 9.79. The summed E-state index contributed by atoms with van der Waals surface area (Å²) in [5, 5.41) is 4.52. The molecule has 1 heterocycles. The summed E-state index contributed by atoms with van der Waals surface area (Å²) >= 11 is 5.72. The minimum absolute atomic E-state index is 0.131. The molecule has 0 unspecified atom stereocenters. The fourth-order valence-electron chi connectivity index (χ4n) is 2.05. The van der Waals surface area contributed by atoms with Crippen LogP contribution in [0, 0.1) is 0 Å². The molecule has 1 saturated heterocycles. The molecule has 1 aromatic carbocycles. The van der Waals surface area contributed by atoms with E-state index in [1.54, 1.807) is 0 Å². The molecule has 4 nitrogen and oxygen atoms in total. The van der Waals surface area contributed by atoms with Gasteiger partial charge in [0, 0.05) is 13.0 Å². The van der Waals surface area contributed by atoms with Gasteiger partial charge in [-0.3, -0.25) is 9.59 Å². The van der Waals surface area contributed by atoms with Gasteiger partial charge >= 0.3 is 6.18 Å². The summed E-state index contributed by atoms with van der Waals surface area (Å²) in [6.45, 7) is -0.131. The number of rotatable bonds is 3. The second-order valence-corrected chi connectivity index (χ2v) is 5.03. The second-order valence-electron chi connectivity index (χ2n) is 4.65. The molecule has 0 spiro atoms. The van der Waals surface area contributed by atoms with Crippen molar-refractivity contribution in [1.82, 2.24) is 10.6 Å². The summed E-state index contributed by atoms with van der Waals surface area (Å²) in [6, 6.07) is 2.88. The van der Waals surface area contributed by atoms with E-state index in [0.717, 1.165) is 6.07 Å². The lowest BCUT2D eigenvalue weighted by Crippen LogP contribution is -2.41. The summed E-state index contributed by atoms with van der Waals surface area (Å²) in [4.78, 5) is 22.8. The van der Waals surface area contributed by atoms with E-state index in [1.807, 2.05) is 0 Å². The van der Waals surface area contributed by atoms with E-state index in [0.29, 0.717) is 6.42 Å². The Bertz CT molecular complexity index is 575. The molecule has 2 rings (SSSR count). The zero-order valence-corrected chi connectivity index (χ0v) is 11.5. The van der Waals surface area contributed by atoms with E-state index in [1.165, 1.54) is 12.1 Å².